The molecule has 2 aromatic carbocycles. The van der Waals surface area contributed by atoms with E-state index in [0.717, 1.165) is 31.5 Å². The molecule has 0 spiro atoms. The molecule has 2 aromatic rings. The van der Waals surface area contributed by atoms with Crippen LogP contribution < -0.4 is 14.2 Å². The highest BCUT2D eigenvalue weighted by molar-refractivity contribution is 6.15. The van der Waals surface area contributed by atoms with Crippen LogP contribution in [0.4, 0.5) is 0 Å². The van der Waals surface area contributed by atoms with Gasteiger partial charge in [0.2, 0.25) is 12.6 Å². The van der Waals surface area contributed by atoms with Crippen molar-refractivity contribution in [3.8, 4) is 23.0 Å². The molecular weight excluding hydrogens is 370 g/mol. The molecule has 0 aromatic heterocycles. The number of hydrogen-bond acceptors (Lipinski definition) is 6. The third kappa shape index (κ3) is 3.44. The van der Waals surface area contributed by atoms with Crippen molar-refractivity contribution in [3.05, 3.63) is 52.8 Å². The number of carbonyl (C=O) groups is 1. The number of fused-ring (bicyclic) bond motifs is 2. The van der Waals surface area contributed by atoms with Crippen LogP contribution in [-0.2, 0) is 6.54 Å². The first-order valence-electron chi connectivity index (χ1n) is 10.1. The molecular formula is C23H23NO5. The minimum atomic E-state index is -0.171. The van der Waals surface area contributed by atoms with E-state index in [-0.39, 0.29) is 24.1 Å². The van der Waals surface area contributed by atoms with Crippen molar-refractivity contribution >= 4 is 11.9 Å². The summed E-state index contributed by atoms with van der Waals surface area (Å²) in [6, 6.07) is 8.73. The number of ketones is 1. The SMILES string of the molecule is O=C1/C(=C\c2ccc3c(c2)OCO3)Oc2c1ccc(O)c2CN1CCCCCC1. The zero-order chi connectivity index (χ0) is 19.8. The molecule has 3 heterocycles. The molecule has 5 rings (SSSR count). The van der Waals surface area contributed by atoms with Crippen LogP contribution in [0.3, 0.4) is 0 Å². The Morgan fingerprint density at radius 3 is 2.62 bits per heavy atom. The Labute approximate surface area is 169 Å². The van der Waals surface area contributed by atoms with E-state index in [9.17, 15) is 9.90 Å². The fraction of sp³-hybridized carbons (Fsp3) is 0.348. The van der Waals surface area contributed by atoms with Crippen LogP contribution in [0.15, 0.2) is 36.1 Å². The molecule has 6 heteroatoms. The number of phenols is 1. The summed E-state index contributed by atoms with van der Waals surface area (Å²) in [4.78, 5) is 15.2. The van der Waals surface area contributed by atoms with Gasteiger partial charge in [0, 0.05) is 6.54 Å². The average molecular weight is 393 g/mol. The van der Waals surface area contributed by atoms with Gasteiger partial charge in [-0.1, -0.05) is 18.9 Å². The number of carbonyl (C=O) groups excluding carboxylic acids is 1. The van der Waals surface area contributed by atoms with Gasteiger partial charge in [-0.25, -0.2) is 0 Å². The monoisotopic (exact) mass is 393 g/mol. The number of likely N-dealkylation sites (tertiary alicyclic amines) is 1. The quantitative estimate of drug-likeness (QED) is 0.792. The molecule has 0 aliphatic carbocycles. The van der Waals surface area contributed by atoms with Crippen molar-refractivity contribution in [1.29, 1.82) is 0 Å². The van der Waals surface area contributed by atoms with Crippen LogP contribution in [0.25, 0.3) is 6.08 Å². The maximum atomic E-state index is 12.9. The lowest BCUT2D eigenvalue weighted by atomic mass is 10.0. The summed E-state index contributed by atoms with van der Waals surface area (Å²) in [6.45, 7) is 2.78. The van der Waals surface area contributed by atoms with E-state index in [4.69, 9.17) is 14.2 Å². The van der Waals surface area contributed by atoms with E-state index in [1.165, 1.54) is 12.8 Å². The van der Waals surface area contributed by atoms with Gasteiger partial charge in [0.1, 0.15) is 11.5 Å². The zero-order valence-corrected chi connectivity index (χ0v) is 16.1. The van der Waals surface area contributed by atoms with E-state index in [1.54, 1.807) is 18.2 Å². The van der Waals surface area contributed by atoms with Gasteiger partial charge in [0.25, 0.3) is 0 Å². The topological polar surface area (TPSA) is 68.2 Å². The third-order valence-corrected chi connectivity index (χ3v) is 5.69. The van der Waals surface area contributed by atoms with Crippen LogP contribution in [-0.4, -0.2) is 35.7 Å². The Morgan fingerprint density at radius 1 is 1.00 bits per heavy atom. The molecule has 0 saturated carbocycles. The van der Waals surface area contributed by atoms with E-state index >= 15 is 0 Å². The standard InChI is InChI=1S/C23H23NO5/c25-18-7-6-16-22(26)21(12-15-5-8-19-20(11-15)28-14-27-19)29-23(16)17(18)13-24-9-3-1-2-4-10-24/h5-8,11-12,25H,1-4,9-10,13-14H2/b21-12+. The van der Waals surface area contributed by atoms with Crippen LogP contribution >= 0.6 is 0 Å². The highest BCUT2D eigenvalue weighted by atomic mass is 16.7. The molecule has 1 fully saturated rings. The summed E-state index contributed by atoms with van der Waals surface area (Å²) in [5.41, 5.74) is 1.98. The lowest BCUT2D eigenvalue weighted by Crippen LogP contribution is -2.24. The number of nitrogens with zero attached hydrogens (tertiary/aromatic N) is 1. The van der Waals surface area contributed by atoms with E-state index < -0.39 is 0 Å². The minimum Gasteiger partial charge on any atom is -0.507 e. The second-order valence-electron chi connectivity index (χ2n) is 7.68. The molecule has 6 nitrogen and oxygen atoms in total. The molecule has 29 heavy (non-hydrogen) atoms. The van der Waals surface area contributed by atoms with Gasteiger partial charge in [0.15, 0.2) is 17.3 Å². The van der Waals surface area contributed by atoms with Crippen LogP contribution in [0.2, 0.25) is 0 Å². The van der Waals surface area contributed by atoms with E-state index in [0.29, 0.717) is 34.9 Å². The van der Waals surface area contributed by atoms with E-state index in [1.807, 2.05) is 18.2 Å². The fourth-order valence-corrected chi connectivity index (χ4v) is 4.12. The van der Waals surface area contributed by atoms with Crippen molar-refractivity contribution in [2.75, 3.05) is 19.9 Å². The summed E-state index contributed by atoms with van der Waals surface area (Å²) in [5.74, 6) is 2.08. The minimum absolute atomic E-state index is 0.171. The maximum absolute atomic E-state index is 12.9. The average Bonchev–Trinajstić information content (AvgIpc) is 3.20. The summed E-state index contributed by atoms with van der Waals surface area (Å²) in [7, 11) is 0. The summed E-state index contributed by atoms with van der Waals surface area (Å²) in [5, 5.41) is 10.5. The number of rotatable bonds is 3. The number of phenolic OH excluding ortho intramolecular Hbond substituents is 1. The predicted octanol–water partition coefficient (Wildman–Crippen LogP) is 4.11. The number of benzene rings is 2. The van der Waals surface area contributed by atoms with Gasteiger partial charge in [-0.05, 0) is 61.8 Å². The zero-order valence-electron chi connectivity index (χ0n) is 16.1. The first kappa shape index (κ1) is 18.1. The van der Waals surface area contributed by atoms with Gasteiger partial charge < -0.3 is 19.3 Å². The summed E-state index contributed by atoms with van der Waals surface area (Å²) < 4.78 is 16.7. The largest absolute Gasteiger partial charge is 0.507 e. The summed E-state index contributed by atoms with van der Waals surface area (Å²) >= 11 is 0. The molecule has 0 atom stereocenters. The molecule has 0 bridgehead atoms. The number of aromatic hydroxyl groups is 1. The lowest BCUT2D eigenvalue weighted by Gasteiger charge is -2.21. The number of Topliss-reactive ketones (excluding diaryl/α,β-unsaturated/α-hetero) is 1. The molecule has 1 N–H and O–H groups in total. The lowest BCUT2D eigenvalue weighted by molar-refractivity contribution is 0.101. The van der Waals surface area contributed by atoms with Crippen molar-refractivity contribution < 1.29 is 24.1 Å². The fourth-order valence-electron chi connectivity index (χ4n) is 4.12. The Hall–Kier alpha value is -2.99. The molecule has 3 aliphatic heterocycles. The van der Waals surface area contributed by atoms with Gasteiger partial charge in [0.05, 0.1) is 11.1 Å². The number of allylic oxidation sites excluding steroid dienone is 1. The Balaban J connectivity index is 1.44. The predicted molar refractivity (Wildman–Crippen MR) is 107 cm³/mol. The smallest absolute Gasteiger partial charge is 0.231 e. The molecule has 0 radical (unpaired) electrons. The highest BCUT2D eigenvalue weighted by Crippen LogP contribution is 2.41. The normalized spacial score (nSPS) is 19.9. The van der Waals surface area contributed by atoms with Crippen molar-refractivity contribution in [2.45, 2.75) is 32.2 Å². The first-order valence-corrected chi connectivity index (χ1v) is 10.1. The molecule has 3 aliphatic rings. The van der Waals surface area contributed by atoms with Crippen LogP contribution in [0.5, 0.6) is 23.0 Å². The number of ether oxygens (including phenoxy) is 3. The molecule has 0 amide bonds. The van der Waals surface area contributed by atoms with Gasteiger partial charge in [-0.15, -0.1) is 0 Å². The maximum Gasteiger partial charge on any atom is 0.231 e. The van der Waals surface area contributed by atoms with Crippen LogP contribution in [0.1, 0.15) is 47.2 Å². The Morgan fingerprint density at radius 2 is 1.79 bits per heavy atom. The van der Waals surface area contributed by atoms with Crippen LogP contribution in [0, 0.1) is 0 Å². The second-order valence-corrected chi connectivity index (χ2v) is 7.68. The van der Waals surface area contributed by atoms with Gasteiger partial charge in [-0.3, -0.25) is 9.69 Å². The van der Waals surface area contributed by atoms with Crippen molar-refractivity contribution in [2.24, 2.45) is 0 Å². The number of hydrogen-bond donors (Lipinski definition) is 1. The van der Waals surface area contributed by atoms with E-state index in [2.05, 4.69) is 4.90 Å². The molecule has 0 unspecified atom stereocenters. The Bertz CT molecular complexity index is 989. The third-order valence-electron chi connectivity index (χ3n) is 5.69. The molecule has 150 valence electrons. The summed E-state index contributed by atoms with van der Waals surface area (Å²) in [6.07, 6.45) is 6.51. The second kappa shape index (κ2) is 7.44. The van der Waals surface area contributed by atoms with Gasteiger partial charge in [-0.2, -0.15) is 0 Å². The Kier molecular flexibility index (Phi) is 4.64. The van der Waals surface area contributed by atoms with Crippen molar-refractivity contribution in [1.82, 2.24) is 4.90 Å². The highest BCUT2D eigenvalue weighted by Gasteiger charge is 2.32. The van der Waals surface area contributed by atoms with Crippen molar-refractivity contribution in [3.63, 3.8) is 0 Å². The van der Waals surface area contributed by atoms with Gasteiger partial charge >= 0.3 is 0 Å². The first-order chi connectivity index (χ1) is 14.2. The molecule has 1 saturated heterocycles.